The third-order valence-electron chi connectivity index (χ3n) is 5.11. The van der Waals surface area contributed by atoms with Gasteiger partial charge in [-0.25, -0.2) is 0 Å². The molecular formula is C22H27NO2. The first-order valence-electron chi connectivity index (χ1n) is 9.31. The highest BCUT2D eigenvalue weighted by atomic mass is 16.3. The third-order valence-corrected chi connectivity index (χ3v) is 5.11. The van der Waals surface area contributed by atoms with E-state index in [-0.39, 0.29) is 18.6 Å². The summed E-state index contributed by atoms with van der Waals surface area (Å²) in [6.07, 6.45) is 5.34. The Balaban J connectivity index is 1.66. The molecule has 0 aromatic heterocycles. The Kier molecular flexibility index (Phi) is 6.24. The molecule has 132 valence electrons. The molecule has 0 saturated carbocycles. The van der Waals surface area contributed by atoms with Gasteiger partial charge in [-0.05, 0) is 54.7 Å². The Morgan fingerprint density at radius 1 is 1.12 bits per heavy atom. The van der Waals surface area contributed by atoms with Crippen molar-refractivity contribution in [2.24, 2.45) is 0 Å². The van der Waals surface area contributed by atoms with Crippen LogP contribution in [0.3, 0.4) is 0 Å². The molecule has 2 aromatic carbocycles. The molecule has 0 bridgehead atoms. The van der Waals surface area contributed by atoms with Crippen molar-refractivity contribution >= 4 is 5.91 Å². The Morgan fingerprint density at radius 2 is 1.88 bits per heavy atom. The number of hydrogen-bond donors (Lipinski definition) is 2. The summed E-state index contributed by atoms with van der Waals surface area (Å²) in [5.74, 6) is 0.424. The highest BCUT2D eigenvalue weighted by molar-refractivity contribution is 5.77. The summed E-state index contributed by atoms with van der Waals surface area (Å²) >= 11 is 0. The van der Waals surface area contributed by atoms with E-state index >= 15 is 0 Å². The van der Waals surface area contributed by atoms with Gasteiger partial charge in [0.25, 0.3) is 0 Å². The van der Waals surface area contributed by atoms with Crippen molar-refractivity contribution in [3.63, 3.8) is 0 Å². The molecule has 3 nitrogen and oxygen atoms in total. The zero-order valence-corrected chi connectivity index (χ0v) is 14.7. The molecule has 3 rings (SSSR count). The van der Waals surface area contributed by atoms with Crippen LogP contribution in [0, 0.1) is 0 Å². The Hall–Kier alpha value is -2.13. The summed E-state index contributed by atoms with van der Waals surface area (Å²) in [6, 6.07) is 18.5. The normalized spacial score (nSPS) is 17.6. The zero-order valence-electron chi connectivity index (χ0n) is 14.7. The summed E-state index contributed by atoms with van der Waals surface area (Å²) in [6.45, 7) is 0.148. The Morgan fingerprint density at radius 3 is 2.68 bits per heavy atom. The van der Waals surface area contributed by atoms with Gasteiger partial charge in [-0.2, -0.15) is 0 Å². The van der Waals surface area contributed by atoms with E-state index in [2.05, 4.69) is 29.6 Å². The number of carbonyl (C=O) groups excluding carboxylic acids is 1. The number of carbonyl (C=O) groups is 1. The molecular weight excluding hydrogens is 310 g/mol. The summed E-state index contributed by atoms with van der Waals surface area (Å²) in [5, 5.41) is 12.3. The average molecular weight is 337 g/mol. The molecule has 1 aliphatic carbocycles. The van der Waals surface area contributed by atoms with E-state index < -0.39 is 0 Å². The number of amides is 1. The van der Waals surface area contributed by atoms with Crippen molar-refractivity contribution in [1.82, 2.24) is 5.32 Å². The summed E-state index contributed by atoms with van der Waals surface area (Å²) in [4.78, 5) is 12.7. The first kappa shape index (κ1) is 17.7. The second kappa shape index (κ2) is 8.82. The average Bonchev–Trinajstić information content (AvgIpc) is 2.66. The number of aliphatic hydroxyl groups is 1. The number of hydrogen-bond acceptors (Lipinski definition) is 2. The van der Waals surface area contributed by atoms with E-state index in [0.29, 0.717) is 18.8 Å². The predicted octanol–water partition coefficient (Wildman–Crippen LogP) is 4.13. The molecule has 25 heavy (non-hydrogen) atoms. The lowest BCUT2D eigenvalue weighted by molar-refractivity contribution is -0.122. The molecule has 2 aromatic rings. The minimum absolute atomic E-state index is 0.0281. The van der Waals surface area contributed by atoms with Gasteiger partial charge < -0.3 is 10.4 Å². The second-order valence-corrected chi connectivity index (χ2v) is 6.89. The predicted molar refractivity (Wildman–Crippen MR) is 100 cm³/mol. The largest absolute Gasteiger partial charge is 0.396 e. The lowest BCUT2D eigenvalue weighted by Crippen LogP contribution is -2.30. The summed E-state index contributed by atoms with van der Waals surface area (Å²) < 4.78 is 0. The monoisotopic (exact) mass is 337 g/mol. The Bertz CT molecular complexity index is 683. The van der Waals surface area contributed by atoms with Gasteiger partial charge in [-0.15, -0.1) is 0 Å². The number of benzene rings is 2. The van der Waals surface area contributed by atoms with E-state index in [0.717, 1.165) is 31.2 Å². The molecule has 0 saturated heterocycles. The number of fused-ring (bicyclic) bond motifs is 1. The van der Waals surface area contributed by atoms with Crippen molar-refractivity contribution in [3.8, 4) is 0 Å². The van der Waals surface area contributed by atoms with Crippen LogP contribution >= 0.6 is 0 Å². The van der Waals surface area contributed by atoms with Gasteiger partial charge >= 0.3 is 0 Å². The summed E-state index contributed by atoms with van der Waals surface area (Å²) in [7, 11) is 0. The maximum Gasteiger partial charge on any atom is 0.221 e. The van der Waals surface area contributed by atoms with E-state index in [1.54, 1.807) is 0 Å². The number of aryl methyl sites for hydroxylation is 1. The van der Waals surface area contributed by atoms with E-state index in [4.69, 9.17) is 5.11 Å². The van der Waals surface area contributed by atoms with Gasteiger partial charge in [-0.1, -0.05) is 54.6 Å². The SMILES string of the molecule is O=C(CC1CCCc2ccccc21)NC(CCCO)c1ccccc1. The quantitative estimate of drug-likeness (QED) is 0.798. The molecule has 3 heteroatoms. The van der Waals surface area contributed by atoms with Crippen LogP contribution in [0.4, 0.5) is 0 Å². The van der Waals surface area contributed by atoms with Crippen molar-refractivity contribution in [2.75, 3.05) is 6.61 Å². The van der Waals surface area contributed by atoms with E-state index in [1.807, 2.05) is 30.3 Å². The maximum absolute atomic E-state index is 12.7. The molecule has 1 aliphatic rings. The lowest BCUT2D eigenvalue weighted by Gasteiger charge is -2.26. The van der Waals surface area contributed by atoms with Crippen molar-refractivity contribution in [2.45, 2.75) is 50.5 Å². The van der Waals surface area contributed by atoms with Crippen LogP contribution in [0.25, 0.3) is 0 Å². The van der Waals surface area contributed by atoms with Crippen LogP contribution in [0.5, 0.6) is 0 Å². The van der Waals surface area contributed by atoms with E-state index in [9.17, 15) is 4.79 Å². The number of rotatable bonds is 7. The highest BCUT2D eigenvalue weighted by Gasteiger charge is 2.23. The van der Waals surface area contributed by atoms with Crippen molar-refractivity contribution in [3.05, 3.63) is 71.3 Å². The van der Waals surface area contributed by atoms with Gasteiger partial charge in [-0.3, -0.25) is 4.79 Å². The molecule has 0 heterocycles. The van der Waals surface area contributed by atoms with Crippen LogP contribution < -0.4 is 5.32 Å². The van der Waals surface area contributed by atoms with Crippen molar-refractivity contribution in [1.29, 1.82) is 0 Å². The van der Waals surface area contributed by atoms with Gasteiger partial charge in [0.1, 0.15) is 0 Å². The minimum Gasteiger partial charge on any atom is -0.396 e. The number of nitrogens with one attached hydrogen (secondary N) is 1. The molecule has 0 spiro atoms. The fourth-order valence-corrected chi connectivity index (χ4v) is 3.85. The van der Waals surface area contributed by atoms with E-state index in [1.165, 1.54) is 11.1 Å². The van der Waals surface area contributed by atoms with Crippen LogP contribution in [0.2, 0.25) is 0 Å². The molecule has 1 amide bonds. The van der Waals surface area contributed by atoms with Crippen molar-refractivity contribution < 1.29 is 9.90 Å². The van der Waals surface area contributed by atoms with Gasteiger partial charge in [0.15, 0.2) is 0 Å². The molecule has 0 fully saturated rings. The second-order valence-electron chi connectivity index (χ2n) is 6.89. The third kappa shape index (κ3) is 4.70. The van der Waals surface area contributed by atoms with Crippen LogP contribution in [-0.4, -0.2) is 17.6 Å². The maximum atomic E-state index is 12.7. The molecule has 2 atom stereocenters. The van der Waals surface area contributed by atoms with Crippen LogP contribution in [0.15, 0.2) is 54.6 Å². The van der Waals surface area contributed by atoms with Gasteiger partial charge in [0, 0.05) is 13.0 Å². The minimum atomic E-state index is -0.0281. The fourth-order valence-electron chi connectivity index (χ4n) is 3.85. The topological polar surface area (TPSA) is 49.3 Å². The number of aliphatic hydroxyl groups excluding tert-OH is 1. The summed E-state index contributed by atoms with van der Waals surface area (Å²) in [5.41, 5.74) is 3.84. The smallest absolute Gasteiger partial charge is 0.221 e. The van der Waals surface area contributed by atoms with Crippen LogP contribution in [0.1, 0.15) is 60.8 Å². The van der Waals surface area contributed by atoms with Crippen LogP contribution in [-0.2, 0) is 11.2 Å². The standard InChI is InChI=1S/C22H27NO2/c24-15-7-14-21(18-9-2-1-3-10-18)23-22(25)16-19-12-6-11-17-8-4-5-13-20(17)19/h1-5,8-10,13,19,21,24H,6-7,11-12,14-16H2,(H,23,25). The zero-order chi connectivity index (χ0) is 17.5. The van der Waals surface area contributed by atoms with Gasteiger partial charge in [0.05, 0.1) is 6.04 Å². The fraction of sp³-hybridized carbons (Fsp3) is 0.409. The molecule has 0 aliphatic heterocycles. The van der Waals surface area contributed by atoms with Gasteiger partial charge in [0.2, 0.25) is 5.91 Å². The first-order valence-corrected chi connectivity index (χ1v) is 9.31. The molecule has 2 unspecified atom stereocenters. The Labute approximate surface area is 150 Å². The first-order chi connectivity index (χ1) is 12.3. The molecule has 2 N–H and O–H groups in total. The lowest BCUT2D eigenvalue weighted by atomic mass is 9.81. The molecule has 0 radical (unpaired) electrons. The highest BCUT2D eigenvalue weighted by Crippen LogP contribution is 2.34.